The Labute approximate surface area is 94.8 Å². The molecule has 0 bridgehead atoms. The number of hydrogen-bond donors (Lipinski definition) is 1. The van der Waals surface area contributed by atoms with Crippen molar-refractivity contribution in [2.24, 2.45) is 0 Å². The average Bonchev–Trinajstić information content (AvgIpc) is 2.63. The largest absolute Gasteiger partial charge is 0.393 e. The maximum Gasteiger partial charge on any atom is 0.226 e. The van der Waals surface area contributed by atoms with Crippen LogP contribution in [0.3, 0.4) is 0 Å². The molecule has 90 valence electrons. The minimum Gasteiger partial charge on any atom is -0.393 e. The van der Waals surface area contributed by atoms with E-state index in [0.29, 0.717) is 24.6 Å². The van der Waals surface area contributed by atoms with E-state index in [1.807, 2.05) is 0 Å². The Hall–Kier alpha value is -0.940. The lowest BCUT2D eigenvalue weighted by molar-refractivity contribution is -0.0858. The molecule has 1 heterocycles. The number of rotatable bonds is 5. The van der Waals surface area contributed by atoms with Crippen molar-refractivity contribution in [1.29, 1.82) is 0 Å². The molecule has 1 aliphatic carbocycles. The Morgan fingerprint density at radius 1 is 1.56 bits per heavy atom. The van der Waals surface area contributed by atoms with Crippen LogP contribution in [0.25, 0.3) is 0 Å². The van der Waals surface area contributed by atoms with Crippen molar-refractivity contribution in [3.63, 3.8) is 0 Å². The third kappa shape index (κ3) is 2.10. The van der Waals surface area contributed by atoms with Crippen molar-refractivity contribution < 1.29 is 14.4 Å². The fraction of sp³-hybridized carbons (Fsp3) is 0.818. The lowest BCUT2D eigenvalue weighted by atomic mass is 9.79. The number of aryl methyl sites for hydroxylation is 1. The van der Waals surface area contributed by atoms with E-state index >= 15 is 0 Å². The Balaban J connectivity index is 2.01. The van der Waals surface area contributed by atoms with E-state index in [4.69, 9.17) is 14.4 Å². The molecular formula is C11H18N2O3. The van der Waals surface area contributed by atoms with E-state index in [0.717, 1.165) is 19.3 Å². The van der Waals surface area contributed by atoms with Crippen molar-refractivity contribution >= 4 is 0 Å². The molecule has 1 unspecified atom stereocenters. The highest BCUT2D eigenvalue weighted by molar-refractivity contribution is 5.06. The summed E-state index contributed by atoms with van der Waals surface area (Å²) in [4.78, 5) is 4.33. The lowest BCUT2D eigenvalue weighted by Gasteiger charge is -2.37. The monoisotopic (exact) mass is 226 g/mol. The van der Waals surface area contributed by atoms with Crippen LogP contribution in [0.4, 0.5) is 0 Å². The summed E-state index contributed by atoms with van der Waals surface area (Å²) in [6.07, 6.45) is 3.98. The third-order valence-corrected chi connectivity index (χ3v) is 3.20. The first-order valence-electron chi connectivity index (χ1n) is 5.72. The summed E-state index contributed by atoms with van der Waals surface area (Å²) in [6, 6.07) is 0. The fourth-order valence-corrected chi connectivity index (χ4v) is 1.89. The van der Waals surface area contributed by atoms with Gasteiger partial charge < -0.3 is 14.4 Å². The van der Waals surface area contributed by atoms with Gasteiger partial charge >= 0.3 is 0 Å². The summed E-state index contributed by atoms with van der Waals surface area (Å²) < 4.78 is 10.6. The maximum absolute atomic E-state index is 9.17. The number of aliphatic hydroxyl groups is 1. The van der Waals surface area contributed by atoms with E-state index in [9.17, 15) is 0 Å². The van der Waals surface area contributed by atoms with Crippen LogP contribution in [0, 0.1) is 0 Å². The second-order valence-electron chi connectivity index (χ2n) is 4.45. The Bertz CT molecular complexity index is 339. The standard InChI is InChI=1S/C11H18N2O3/c1-8(14)4-5-9-12-10(13-16-9)11(15-2)6-3-7-11/h8,14H,3-7H2,1-2H3. The first kappa shape index (κ1) is 11.5. The van der Waals surface area contributed by atoms with Crippen molar-refractivity contribution in [2.75, 3.05) is 7.11 Å². The van der Waals surface area contributed by atoms with Crippen LogP contribution in [0.5, 0.6) is 0 Å². The van der Waals surface area contributed by atoms with E-state index in [1.54, 1.807) is 14.0 Å². The first-order valence-corrected chi connectivity index (χ1v) is 5.72. The molecule has 1 atom stereocenters. The van der Waals surface area contributed by atoms with Gasteiger partial charge in [-0.05, 0) is 32.6 Å². The van der Waals surface area contributed by atoms with Gasteiger partial charge in [-0.25, -0.2) is 0 Å². The van der Waals surface area contributed by atoms with E-state index in [1.165, 1.54) is 0 Å². The van der Waals surface area contributed by atoms with Crippen molar-refractivity contribution in [2.45, 2.75) is 50.7 Å². The number of methoxy groups -OCH3 is 1. The molecule has 5 nitrogen and oxygen atoms in total. The minimum absolute atomic E-state index is 0.313. The topological polar surface area (TPSA) is 68.4 Å². The first-order chi connectivity index (χ1) is 7.66. The minimum atomic E-state index is -0.338. The van der Waals surface area contributed by atoms with E-state index in [2.05, 4.69) is 10.1 Å². The van der Waals surface area contributed by atoms with Crippen LogP contribution < -0.4 is 0 Å². The highest BCUT2D eigenvalue weighted by Crippen LogP contribution is 2.42. The summed E-state index contributed by atoms with van der Waals surface area (Å²) in [5.41, 5.74) is -0.313. The highest BCUT2D eigenvalue weighted by atomic mass is 16.5. The zero-order chi connectivity index (χ0) is 11.6. The molecule has 1 aromatic rings. The van der Waals surface area contributed by atoms with Gasteiger partial charge in [-0.3, -0.25) is 0 Å². The van der Waals surface area contributed by atoms with Gasteiger partial charge in [-0.15, -0.1) is 0 Å². The molecule has 0 radical (unpaired) electrons. The molecule has 0 aliphatic heterocycles. The summed E-state index contributed by atoms with van der Waals surface area (Å²) in [6.45, 7) is 1.75. The number of aliphatic hydroxyl groups excluding tert-OH is 1. The third-order valence-electron chi connectivity index (χ3n) is 3.20. The van der Waals surface area contributed by atoms with Gasteiger partial charge in [0.2, 0.25) is 11.7 Å². The molecule has 1 N–H and O–H groups in total. The van der Waals surface area contributed by atoms with E-state index < -0.39 is 0 Å². The number of aromatic nitrogens is 2. The second kappa shape index (κ2) is 4.51. The lowest BCUT2D eigenvalue weighted by Crippen LogP contribution is -2.37. The van der Waals surface area contributed by atoms with Crippen LogP contribution in [0.2, 0.25) is 0 Å². The van der Waals surface area contributed by atoms with Gasteiger partial charge in [-0.2, -0.15) is 4.98 Å². The van der Waals surface area contributed by atoms with Gasteiger partial charge in [0.05, 0.1) is 6.10 Å². The van der Waals surface area contributed by atoms with E-state index in [-0.39, 0.29) is 11.7 Å². The zero-order valence-corrected chi connectivity index (χ0v) is 9.77. The highest BCUT2D eigenvalue weighted by Gasteiger charge is 2.43. The Morgan fingerprint density at radius 2 is 2.31 bits per heavy atom. The molecule has 1 saturated carbocycles. The fourth-order valence-electron chi connectivity index (χ4n) is 1.89. The summed E-state index contributed by atoms with van der Waals surface area (Å²) >= 11 is 0. The number of ether oxygens (including phenoxy) is 1. The van der Waals surface area contributed by atoms with Gasteiger partial charge in [0.25, 0.3) is 0 Å². The molecule has 1 aromatic heterocycles. The zero-order valence-electron chi connectivity index (χ0n) is 9.77. The molecule has 0 aromatic carbocycles. The Morgan fingerprint density at radius 3 is 2.81 bits per heavy atom. The van der Waals surface area contributed by atoms with Crippen molar-refractivity contribution in [3.8, 4) is 0 Å². The van der Waals surface area contributed by atoms with Gasteiger partial charge in [-0.1, -0.05) is 5.16 Å². The predicted molar refractivity (Wildman–Crippen MR) is 56.8 cm³/mol. The molecular weight excluding hydrogens is 208 g/mol. The van der Waals surface area contributed by atoms with Crippen LogP contribution in [-0.2, 0) is 16.8 Å². The smallest absolute Gasteiger partial charge is 0.226 e. The van der Waals surface area contributed by atoms with Crippen LogP contribution in [0.15, 0.2) is 4.52 Å². The predicted octanol–water partition coefficient (Wildman–Crippen LogP) is 1.41. The summed E-state index contributed by atoms with van der Waals surface area (Å²) in [5, 5.41) is 13.1. The quantitative estimate of drug-likeness (QED) is 0.822. The summed E-state index contributed by atoms with van der Waals surface area (Å²) in [5.74, 6) is 1.24. The molecule has 16 heavy (non-hydrogen) atoms. The van der Waals surface area contributed by atoms with Crippen molar-refractivity contribution in [3.05, 3.63) is 11.7 Å². The SMILES string of the molecule is COC1(c2noc(CCC(C)O)n2)CCC1. The molecule has 1 fully saturated rings. The second-order valence-corrected chi connectivity index (χ2v) is 4.45. The normalized spacial score (nSPS) is 20.4. The molecule has 1 aliphatic rings. The van der Waals surface area contributed by atoms with Crippen molar-refractivity contribution in [1.82, 2.24) is 10.1 Å². The molecule has 0 amide bonds. The molecule has 0 spiro atoms. The van der Waals surface area contributed by atoms with Crippen LogP contribution in [0.1, 0.15) is 44.3 Å². The molecule has 2 rings (SSSR count). The maximum atomic E-state index is 9.17. The molecule has 0 saturated heterocycles. The van der Waals surface area contributed by atoms with Gasteiger partial charge in [0, 0.05) is 13.5 Å². The number of hydrogen-bond acceptors (Lipinski definition) is 5. The average molecular weight is 226 g/mol. The molecule has 5 heteroatoms. The number of nitrogens with zero attached hydrogens (tertiary/aromatic N) is 2. The van der Waals surface area contributed by atoms with Crippen LogP contribution in [-0.4, -0.2) is 28.5 Å². The summed E-state index contributed by atoms with van der Waals surface area (Å²) in [7, 11) is 1.69. The Kier molecular flexibility index (Phi) is 3.25. The van der Waals surface area contributed by atoms with Gasteiger partial charge in [0.15, 0.2) is 0 Å². The van der Waals surface area contributed by atoms with Crippen LogP contribution >= 0.6 is 0 Å². The van der Waals surface area contributed by atoms with Gasteiger partial charge in [0.1, 0.15) is 5.60 Å².